The van der Waals surface area contributed by atoms with E-state index in [0.717, 1.165) is 6.21 Å². The molecule has 0 aromatic carbocycles. The number of hydrogen-bond acceptors (Lipinski definition) is 1. The van der Waals surface area contributed by atoms with Gasteiger partial charge in [0, 0.05) is 6.21 Å². The van der Waals surface area contributed by atoms with Crippen molar-refractivity contribution in [1.82, 2.24) is 0 Å². The van der Waals surface area contributed by atoms with Crippen LogP contribution >= 0.6 is 0 Å². The molecule has 0 aliphatic rings. The molecule has 0 heterocycles. The van der Waals surface area contributed by atoms with Gasteiger partial charge >= 0.3 is 0 Å². The zero-order chi connectivity index (χ0) is 6.78. The van der Waals surface area contributed by atoms with E-state index >= 15 is 0 Å². The van der Waals surface area contributed by atoms with Crippen LogP contribution in [0.5, 0.6) is 0 Å². The maximum absolute atomic E-state index is 12.7. The van der Waals surface area contributed by atoms with Gasteiger partial charge in [-0.2, -0.15) is 0 Å². The first-order valence-corrected chi connectivity index (χ1v) is 2.71. The Morgan fingerprint density at radius 1 is 1.62 bits per heavy atom. The number of alkyl halides is 1. The molecule has 0 saturated heterocycles. The summed E-state index contributed by atoms with van der Waals surface area (Å²) in [6.45, 7) is 4.92. The molecule has 1 N–H and O–H groups in total. The maximum Gasteiger partial charge on any atom is 0.144 e. The molecule has 8 heavy (non-hydrogen) atoms. The van der Waals surface area contributed by atoms with E-state index in [0.29, 0.717) is 0 Å². The van der Waals surface area contributed by atoms with Crippen LogP contribution in [0.1, 0.15) is 20.8 Å². The van der Waals surface area contributed by atoms with Crippen molar-refractivity contribution in [2.24, 2.45) is 5.92 Å². The predicted octanol–water partition coefficient (Wildman–Crippen LogP) is 2.02. The first-order valence-electron chi connectivity index (χ1n) is 2.71. The second kappa shape index (κ2) is 2.25. The first-order chi connectivity index (χ1) is 3.50. The SMILES string of the molecule is CC(C)C(C)(F)C=N. The lowest BCUT2D eigenvalue weighted by Crippen LogP contribution is -2.26. The van der Waals surface area contributed by atoms with E-state index in [1.165, 1.54) is 6.92 Å². The molecule has 0 aliphatic carbocycles. The van der Waals surface area contributed by atoms with Gasteiger partial charge in [0.15, 0.2) is 0 Å². The van der Waals surface area contributed by atoms with Crippen molar-refractivity contribution in [1.29, 1.82) is 5.41 Å². The summed E-state index contributed by atoms with van der Waals surface area (Å²) in [7, 11) is 0. The van der Waals surface area contributed by atoms with E-state index in [1.54, 1.807) is 13.8 Å². The monoisotopic (exact) mass is 117 g/mol. The molecule has 0 bridgehead atoms. The number of nitrogens with one attached hydrogen (secondary N) is 1. The molecule has 0 aromatic heterocycles. The summed E-state index contributed by atoms with van der Waals surface area (Å²) in [6.07, 6.45) is 0.845. The fourth-order valence-electron chi connectivity index (χ4n) is 0.167. The molecular weight excluding hydrogens is 105 g/mol. The summed E-state index contributed by atoms with van der Waals surface area (Å²) >= 11 is 0. The molecule has 48 valence electrons. The van der Waals surface area contributed by atoms with Crippen molar-refractivity contribution in [3.63, 3.8) is 0 Å². The summed E-state index contributed by atoms with van der Waals surface area (Å²) in [5.41, 5.74) is -1.42. The second-order valence-corrected chi connectivity index (χ2v) is 2.45. The van der Waals surface area contributed by atoms with Crippen molar-refractivity contribution in [3.05, 3.63) is 0 Å². The van der Waals surface area contributed by atoms with Crippen LogP contribution in [0.4, 0.5) is 4.39 Å². The van der Waals surface area contributed by atoms with Crippen LogP contribution in [0.3, 0.4) is 0 Å². The van der Waals surface area contributed by atoms with Crippen LogP contribution in [0.15, 0.2) is 0 Å². The van der Waals surface area contributed by atoms with Gasteiger partial charge in [0.05, 0.1) is 0 Å². The lowest BCUT2D eigenvalue weighted by molar-refractivity contribution is 0.213. The molecule has 0 amide bonds. The fraction of sp³-hybridized carbons (Fsp3) is 0.833. The van der Waals surface area contributed by atoms with Crippen LogP contribution in [0.25, 0.3) is 0 Å². The molecule has 0 rings (SSSR count). The summed E-state index contributed by atoms with van der Waals surface area (Å²) < 4.78 is 12.7. The van der Waals surface area contributed by atoms with Crippen molar-refractivity contribution < 1.29 is 4.39 Å². The first kappa shape index (κ1) is 7.60. The average molecular weight is 117 g/mol. The van der Waals surface area contributed by atoms with E-state index in [2.05, 4.69) is 0 Å². The summed E-state index contributed by atoms with van der Waals surface area (Å²) in [4.78, 5) is 0. The van der Waals surface area contributed by atoms with Gasteiger partial charge in [-0.3, -0.25) is 0 Å². The topological polar surface area (TPSA) is 23.9 Å². The van der Waals surface area contributed by atoms with Gasteiger partial charge in [-0.05, 0) is 12.8 Å². The Morgan fingerprint density at radius 2 is 2.00 bits per heavy atom. The quantitative estimate of drug-likeness (QED) is 0.535. The normalized spacial score (nSPS) is 18.1. The highest BCUT2D eigenvalue weighted by atomic mass is 19.1. The van der Waals surface area contributed by atoms with Crippen molar-refractivity contribution in [3.8, 4) is 0 Å². The van der Waals surface area contributed by atoms with Crippen molar-refractivity contribution in [2.75, 3.05) is 0 Å². The molecule has 0 aliphatic heterocycles. The Balaban J connectivity index is 3.90. The fourth-order valence-corrected chi connectivity index (χ4v) is 0.167. The highest BCUT2D eigenvalue weighted by Gasteiger charge is 2.23. The smallest absolute Gasteiger partial charge is 0.144 e. The standard InChI is InChI=1S/C6H12FN/c1-5(2)6(3,7)4-8/h4-5,8H,1-3H3. The molecule has 1 atom stereocenters. The number of rotatable bonds is 2. The van der Waals surface area contributed by atoms with E-state index in [4.69, 9.17) is 5.41 Å². The highest BCUT2D eigenvalue weighted by Crippen LogP contribution is 2.17. The molecule has 2 heteroatoms. The molecule has 1 nitrogen and oxygen atoms in total. The molecule has 0 fully saturated rings. The van der Waals surface area contributed by atoms with Gasteiger partial charge in [-0.15, -0.1) is 0 Å². The highest BCUT2D eigenvalue weighted by molar-refractivity contribution is 5.64. The van der Waals surface area contributed by atoms with E-state index in [9.17, 15) is 4.39 Å². The minimum atomic E-state index is -1.42. The summed E-state index contributed by atoms with van der Waals surface area (Å²) in [5.74, 6) is -0.0972. The van der Waals surface area contributed by atoms with Gasteiger partial charge in [-0.25, -0.2) is 4.39 Å². The van der Waals surface area contributed by atoms with Gasteiger partial charge in [-0.1, -0.05) is 13.8 Å². The third-order valence-corrected chi connectivity index (χ3v) is 1.41. The summed E-state index contributed by atoms with van der Waals surface area (Å²) in [6, 6.07) is 0. The third-order valence-electron chi connectivity index (χ3n) is 1.41. The Kier molecular flexibility index (Phi) is 2.13. The lowest BCUT2D eigenvalue weighted by atomic mass is 9.96. The Bertz CT molecular complexity index is 86.5. The van der Waals surface area contributed by atoms with Crippen LogP contribution < -0.4 is 0 Å². The van der Waals surface area contributed by atoms with Crippen molar-refractivity contribution in [2.45, 2.75) is 26.4 Å². The average Bonchev–Trinajstić information content (AvgIpc) is 1.67. The molecule has 0 spiro atoms. The molecule has 1 unspecified atom stereocenters. The maximum atomic E-state index is 12.7. The Labute approximate surface area is 49.4 Å². The Morgan fingerprint density at radius 3 is 2.00 bits per heavy atom. The molecule has 0 aromatic rings. The van der Waals surface area contributed by atoms with Gasteiger partial charge in [0.25, 0.3) is 0 Å². The van der Waals surface area contributed by atoms with Crippen LogP contribution in [-0.4, -0.2) is 11.9 Å². The Hall–Kier alpha value is -0.400. The predicted molar refractivity (Wildman–Crippen MR) is 33.1 cm³/mol. The number of halogens is 1. The van der Waals surface area contributed by atoms with Gasteiger partial charge in [0.2, 0.25) is 0 Å². The minimum absolute atomic E-state index is 0.0972. The van der Waals surface area contributed by atoms with Gasteiger partial charge < -0.3 is 5.41 Å². The van der Waals surface area contributed by atoms with Crippen LogP contribution in [0.2, 0.25) is 0 Å². The zero-order valence-corrected chi connectivity index (χ0v) is 5.53. The van der Waals surface area contributed by atoms with E-state index in [1.807, 2.05) is 0 Å². The largest absolute Gasteiger partial charge is 0.310 e. The van der Waals surface area contributed by atoms with Crippen molar-refractivity contribution >= 4 is 6.21 Å². The van der Waals surface area contributed by atoms with E-state index in [-0.39, 0.29) is 5.92 Å². The van der Waals surface area contributed by atoms with Crippen LogP contribution in [0, 0.1) is 11.3 Å². The summed E-state index contributed by atoms with van der Waals surface area (Å²) in [5, 5.41) is 6.64. The molecular formula is C6H12FN. The third kappa shape index (κ3) is 1.60. The number of hydrogen-bond donors (Lipinski definition) is 1. The van der Waals surface area contributed by atoms with E-state index < -0.39 is 5.67 Å². The molecule has 0 radical (unpaired) electrons. The lowest BCUT2D eigenvalue weighted by Gasteiger charge is -2.17. The second-order valence-electron chi connectivity index (χ2n) is 2.45. The van der Waals surface area contributed by atoms with Crippen LogP contribution in [-0.2, 0) is 0 Å². The minimum Gasteiger partial charge on any atom is -0.310 e. The molecule has 0 saturated carbocycles. The van der Waals surface area contributed by atoms with Gasteiger partial charge in [0.1, 0.15) is 5.67 Å². The zero-order valence-electron chi connectivity index (χ0n) is 5.53.